The third kappa shape index (κ3) is 2.83. The number of fused-ring (bicyclic) bond motifs is 1. The van der Waals surface area contributed by atoms with Crippen LogP contribution < -0.4 is 5.32 Å². The molecule has 1 aliphatic carbocycles. The van der Waals surface area contributed by atoms with Gasteiger partial charge in [0.05, 0.1) is 6.04 Å². The highest BCUT2D eigenvalue weighted by atomic mass is 35.5. The van der Waals surface area contributed by atoms with Crippen molar-refractivity contribution in [3.05, 3.63) is 35.6 Å². The lowest BCUT2D eigenvalue weighted by Gasteiger charge is -2.34. The normalized spacial score (nSPS) is 30.9. The Bertz CT molecular complexity index is 621. The second-order valence-corrected chi connectivity index (χ2v) is 7.28. The molecule has 1 amide bonds. The van der Waals surface area contributed by atoms with E-state index in [0.717, 1.165) is 31.5 Å². The number of hydrogen-bond donors (Lipinski definition) is 2. The maximum Gasteiger partial charge on any atom is 0.255 e. The van der Waals surface area contributed by atoms with E-state index in [9.17, 15) is 14.3 Å². The van der Waals surface area contributed by atoms with Gasteiger partial charge in [-0.2, -0.15) is 0 Å². The number of aliphatic hydroxyl groups is 1. The number of rotatable bonds is 2. The summed E-state index contributed by atoms with van der Waals surface area (Å²) in [7, 11) is 0. The Kier molecular flexibility index (Phi) is 4.87. The number of nitrogens with one attached hydrogen (secondary N) is 1. The highest BCUT2D eigenvalue weighted by Gasteiger charge is 2.51. The SMILES string of the molecule is Cl.O=C(N1C[C@@H]2CNC[C@@H]2[C@@H]1c1cccc(F)c1)C1(O)CCCC1. The number of benzene rings is 1. The van der Waals surface area contributed by atoms with Crippen LogP contribution in [0.4, 0.5) is 4.39 Å². The quantitative estimate of drug-likeness (QED) is 0.856. The van der Waals surface area contributed by atoms with E-state index < -0.39 is 5.60 Å². The van der Waals surface area contributed by atoms with Gasteiger partial charge in [0.15, 0.2) is 0 Å². The van der Waals surface area contributed by atoms with Gasteiger partial charge < -0.3 is 15.3 Å². The topological polar surface area (TPSA) is 52.6 Å². The fourth-order valence-corrected chi connectivity index (χ4v) is 4.69. The van der Waals surface area contributed by atoms with Crippen molar-refractivity contribution >= 4 is 18.3 Å². The number of nitrogens with zero attached hydrogens (tertiary/aromatic N) is 1. The average Bonchev–Trinajstić information content (AvgIpc) is 3.21. The largest absolute Gasteiger partial charge is 0.380 e. The Morgan fingerprint density at radius 3 is 2.75 bits per heavy atom. The van der Waals surface area contributed by atoms with E-state index >= 15 is 0 Å². The van der Waals surface area contributed by atoms with Gasteiger partial charge in [0.25, 0.3) is 5.91 Å². The molecular formula is C18H24ClFN2O2. The van der Waals surface area contributed by atoms with E-state index in [2.05, 4.69) is 5.32 Å². The molecule has 3 aliphatic rings. The Hall–Kier alpha value is -1.17. The molecule has 132 valence electrons. The smallest absolute Gasteiger partial charge is 0.255 e. The molecule has 6 heteroatoms. The lowest BCUT2D eigenvalue weighted by Crippen LogP contribution is -2.48. The summed E-state index contributed by atoms with van der Waals surface area (Å²) >= 11 is 0. The zero-order chi connectivity index (χ0) is 16.0. The molecule has 1 aromatic carbocycles. The molecule has 3 atom stereocenters. The lowest BCUT2D eigenvalue weighted by molar-refractivity contribution is -0.152. The van der Waals surface area contributed by atoms with E-state index in [0.29, 0.717) is 31.2 Å². The Morgan fingerprint density at radius 1 is 1.29 bits per heavy atom. The predicted octanol–water partition coefficient (Wildman–Crippen LogP) is 2.27. The minimum atomic E-state index is -1.21. The summed E-state index contributed by atoms with van der Waals surface area (Å²) in [4.78, 5) is 14.9. The van der Waals surface area contributed by atoms with Gasteiger partial charge in [-0.15, -0.1) is 12.4 Å². The molecule has 2 aliphatic heterocycles. The third-order valence-electron chi connectivity index (χ3n) is 5.84. The monoisotopic (exact) mass is 354 g/mol. The van der Waals surface area contributed by atoms with Crippen molar-refractivity contribution in [1.82, 2.24) is 10.2 Å². The van der Waals surface area contributed by atoms with Crippen LogP contribution in [0.5, 0.6) is 0 Å². The first-order valence-electron chi connectivity index (χ1n) is 8.58. The van der Waals surface area contributed by atoms with Crippen LogP contribution in [0.15, 0.2) is 24.3 Å². The van der Waals surface area contributed by atoms with Gasteiger partial charge in [0.2, 0.25) is 0 Å². The molecule has 0 radical (unpaired) electrons. The summed E-state index contributed by atoms with van der Waals surface area (Å²) in [6.07, 6.45) is 2.89. The second-order valence-electron chi connectivity index (χ2n) is 7.28. The number of carbonyl (C=O) groups is 1. The van der Waals surface area contributed by atoms with Crippen molar-refractivity contribution in [2.45, 2.75) is 37.3 Å². The van der Waals surface area contributed by atoms with Crippen molar-refractivity contribution < 1.29 is 14.3 Å². The number of likely N-dealkylation sites (tertiary alicyclic amines) is 1. The predicted molar refractivity (Wildman–Crippen MR) is 91.4 cm³/mol. The van der Waals surface area contributed by atoms with Crippen LogP contribution in [0.2, 0.25) is 0 Å². The van der Waals surface area contributed by atoms with Gasteiger partial charge in [-0.3, -0.25) is 4.79 Å². The lowest BCUT2D eigenvalue weighted by atomic mass is 9.89. The first-order chi connectivity index (χ1) is 11.1. The maximum absolute atomic E-state index is 13.7. The fourth-order valence-electron chi connectivity index (χ4n) is 4.69. The van der Waals surface area contributed by atoms with Crippen molar-refractivity contribution in [3.8, 4) is 0 Å². The molecule has 3 fully saturated rings. The molecule has 0 bridgehead atoms. The van der Waals surface area contributed by atoms with Gasteiger partial charge in [-0.1, -0.05) is 12.1 Å². The molecule has 1 aromatic rings. The molecule has 0 unspecified atom stereocenters. The zero-order valence-electron chi connectivity index (χ0n) is 13.6. The molecule has 2 N–H and O–H groups in total. The van der Waals surface area contributed by atoms with Crippen LogP contribution in [0.3, 0.4) is 0 Å². The van der Waals surface area contributed by atoms with Crippen molar-refractivity contribution in [1.29, 1.82) is 0 Å². The van der Waals surface area contributed by atoms with Crippen molar-refractivity contribution in [3.63, 3.8) is 0 Å². The number of amides is 1. The van der Waals surface area contributed by atoms with Crippen LogP contribution in [-0.2, 0) is 4.79 Å². The maximum atomic E-state index is 13.7. The van der Waals surface area contributed by atoms with Gasteiger partial charge in [0, 0.05) is 25.6 Å². The molecule has 0 spiro atoms. The van der Waals surface area contributed by atoms with E-state index in [1.54, 1.807) is 6.07 Å². The van der Waals surface area contributed by atoms with E-state index in [-0.39, 0.29) is 30.2 Å². The fraction of sp³-hybridized carbons (Fsp3) is 0.611. The van der Waals surface area contributed by atoms with Crippen LogP contribution >= 0.6 is 12.4 Å². The van der Waals surface area contributed by atoms with Crippen molar-refractivity contribution in [2.24, 2.45) is 11.8 Å². The number of halogens is 2. The van der Waals surface area contributed by atoms with Gasteiger partial charge in [-0.05, 0) is 49.3 Å². The molecule has 4 rings (SSSR count). The number of hydrogen-bond acceptors (Lipinski definition) is 3. The Labute approximate surface area is 147 Å². The molecule has 2 heterocycles. The molecule has 4 nitrogen and oxygen atoms in total. The van der Waals surface area contributed by atoms with Gasteiger partial charge >= 0.3 is 0 Å². The Morgan fingerprint density at radius 2 is 2.04 bits per heavy atom. The van der Waals surface area contributed by atoms with E-state index in [4.69, 9.17) is 0 Å². The molecular weight excluding hydrogens is 331 g/mol. The summed E-state index contributed by atoms with van der Waals surface area (Å²) in [6.45, 7) is 2.38. The highest BCUT2D eigenvalue weighted by molar-refractivity contribution is 5.86. The minimum absolute atomic E-state index is 0. The second kappa shape index (κ2) is 6.62. The summed E-state index contributed by atoms with van der Waals surface area (Å²) < 4.78 is 13.7. The van der Waals surface area contributed by atoms with E-state index in [1.165, 1.54) is 12.1 Å². The summed E-state index contributed by atoms with van der Waals surface area (Å²) in [5.74, 6) is 0.255. The minimum Gasteiger partial charge on any atom is -0.380 e. The summed E-state index contributed by atoms with van der Waals surface area (Å²) in [5.41, 5.74) is -0.367. The van der Waals surface area contributed by atoms with Crippen LogP contribution in [-0.4, -0.2) is 41.1 Å². The molecule has 24 heavy (non-hydrogen) atoms. The van der Waals surface area contributed by atoms with Gasteiger partial charge in [0.1, 0.15) is 11.4 Å². The highest BCUT2D eigenvalue weighted by Crippen LogP contribution is 2.45. The van der Waals surface area contributed by atoms with Crippen molar-refractivity contribution in [2.75, 3.05) is 19.6 Å². The van der Waals surface area contributed by atoms with Crippen LogP contribution in [0.1, 0.15) is 37.3 Å². The standard InChI is InChI=1S/C18H23FN2O2.ClH/c19-14-5-3-4-12(8-14)16-15-10-20-9-13(15)11-21(16)17(22)18(23)6-1-2-7-18;/h3-5,8,13,15-16,20,23H,1-2,6-7,9-11H2;1H/t13-,15-,16-;/m0./s1. The molecule has 1 saturated carbocycles. The number of carbonyl (C=O) groups excluding carboxylic acids is 1. The van der Waals surface area contributed by atoms with Crippen LogP contribution in [0, 0.1) is 17.7 Å². The zero-order valence-corrected chi connectivity index (χ0v) is 14.4. The van der Waals surface area contributed by atoms with Gasteiger partial charge in [-0.25, -0.2) is 4.39 Å². The van der Waals surface area contributed by atoms with Crippen LogP contribution in [0.25, 0.3) is 0 Å². The molecule has 2 saturated heterocycles. The third-order valence-corrected chi connectivity index (χ3v) is 5.84. The first kappa shape index (κ1) is 17.6. The average molecular weight is 355 g/mol. The van der Waals surface area contributed by atoms with E-state index in [1.807, 2.05) is 11.0 Å². The molecule has 0 aromatic heterocycles. The summed E-state index contributed by atoms with van der Waals surface area (Å²) in [5, 5.41) is 14.1. The Balaban J connectivity index is 0.00000169. The first-order valence-corrected chi connectivity index (χ1v) is 8.58. The summed E-state index contributed by atoms with van der Waals surface area (Å²) in [6, 6.07) is 6.42.